The smallest absolute Gasteiger partial charge is 0.336 e. The van der Waals surface area contributed by atoms with Crippen LogP contribution in [0.25, 0.3) is 0 Å². The number of hydroxylamine groups is 1. The lowest BCUT2D eigenvalue weighted by Crippen LogP contribution is -2.29. The van der Waals surface area contributed by atoms with E-state index in [-0.39, 0.29) is 6.61 Å². The van der Waals surface area contributed by atoms with Gasteiger partial charge in [-0.25, -0.2) is 10.3 Å². The van der Waals surface area contributed by atoms with Crippen molar-refractivity contribution < 1.29 is 9.63 Å². The van der Waals surface area contributed by atoms with Crippen LogP contribution in [0, 0.1) is 0 Å². The molecule has 1 aromatic heterocycles. The van der Waals surface area contributed by atoms with Gasteiger partial charge in [0.2, 0.25) is 0 Å². The van der Waals surface area contributed by atoms with E-state index in [2.05, 4.69) is 0 Å². The first-order chi connectivity index (χ1) is 5.68. The summed E-state index contributed by atoms with van der Waals surface area (Å²) in [5.74, 6) is 0. The zero-order valence-corrected chi connectivity index (χ0v) is 7.61. The van der Waals surface area contributed by atoms with Crippen molar-refractivity contribution in [3.05, 3.63) is 21.3 Å². The molecule has 4 nitrogen and oxygen atoms in total. The molecule has 0 spiro atoms. The zero-order chi connectivity index (χ0) is 8.97. The van der Waals surface area contributed by atoms with E-state index in [0.717, 1.165) is 4.88 Å². The molecule has 66 valence electrons. The van der Waals surface area contributed by atoms with Crippen LogP contribution in [0.4, 0.5) is 4.79 Å². The molecule has 1 rings (SSSR count). The fraction of sp³-hybridized carbons (Fsp3) is 0.167. The average Bonchev–Trinajstić information content (AvgIpc) is 2.35. The van der Waals surface area contributed by atoms with Crippen LogP contribution in [0.1, 0.15) is 4.88 Å². The van der Waals surface area contributed by atoms with Gasteiger partial charge in [0.25, 0.3) is 0 Å². The van der Waals surface area contributed by atoms with E-state index in [1.807, 2.05) is 11.5 Å². The number of urea groups is 1. The molecule has 0 bridgehead atoms. The van der Waals surface area contributed by atoms with Crippen molar-refractivity contribution >= 4 is 29.0 Å². The number of primary amides is 1. The topological polar surface area (TPSA) is 64.4 Å². The third-order valence-electron chi connectivity index (χ3n) is 1.02. The van der Waals surface area contributed by atoms with Crippen LogP contribution in [0.2, 0.25) is 4.34 Å². The van der Waals surface area contributed by atoms with Gasteiger partial charge in [-0.2, -0.15) is 0 Å². The molecule has 12 heavy (non-hydrogen) atoms. The fourth-order valence-electron chi connectivity index (χ4n) is 0.608. The summed E-state index contributed by atoms with van der Waals surface area (Å²) in [5, 5.41) is 0. The van der Waals surface area contributed by atoms with E-state index in [0.29, 0.717) is 4.34 Å². The summed E-state index contributed by atoms with van der Waals surface area (Å²) in [5.41, 5.74) is 6.77. The predicted octanol–water partition coefficient (Wildman–Crippen LogP) is 1.50. The molecule has 0 unspecified atom stereocenters. The minimum absolute atomic E-state index is 0.278. The van der Waals surface area contributed by atoms with Gasteiger partial charge in [-0.3, -0.25) is 4.84 Å². The van der Waals surface area contributed by atoms with Crippen molar-refractivity contribution in [2.75, 3.05) is 0 Å². The quantitative estimate of drug-likeness (QED) is 0.737. The lowest BCUT2D eigenvalue weighted by Gasteiger charge is -1.99. The van der Waals surface area contributed by atoms with Crippen molar-refractivity contribution in [1.82, 2.24) is 5.48 Å². The fourth-order valence-corrected chi connectivity index (χ4v) is 1.61. The lowest BCUT2D eigenvalue weighted by molar-refractivity contribution is 0.0537. The Morgan fingerprint density at radius 3 is 3.00 bits per heavy atom. The standard InChI is InChI=1S/C6H7ClN2O2S/c7-5-2-1-4(12-5)3-11-9-6(8)10/h1-2H,3H2,(H3,8,9,10). The maximum atomic E-state index is 10.2. The molecule has 0 aliphatic rings. The molecule has 0 saturated carbocycles. The monoisotopic (exact) mass is 206 g/mol. The highest BCUT2D eigenvalue weighted by Crippen LogP contribution is 2.21. The molecule has 6 heteroatoms. The summed E-state index contributed by atoms with van der Waals surface area (Å²) in [7, 11) is 0. The minimum atomic E-state index is -0.711. The van der Waals surface area contributed by atoms with Gasteiger partial charge in [0.05, 0.1) is 4.34 Å². The van der Waals surface area contributed by atoms with Gasteiger partial charge < -0.3 is 5.73 Å². The third kappa shape index (κ3) is 3.08. The second kappa shape index (κ2) is 4.30. The normalized spacial score (nSPS) is 9.75. The Bertz CT molecular complexity index is 276. The molecule has 0 aromatic carbocycles. The summed E-state index contributed by atoms with van der Waals surface area (Å²) in [6.45, 7) is 0.278. The SMILES string of the molecule is NC(=O)NOCc1ccc(Cl)s1. The van der Waals surface area contributed by atoms with Crippen LogP contribution in [0.15, 0.2) is 12.1 Å². The summed E-state index contributed by atoms with van der Waals surface area (Å²) in [4.78, 5) is 15.8. The van der Waals surface area contributed by atoms with Crippen molar-refractivity contribution in [2.24, 2.45) is 5.73 Å². The van der Waals surface area contributed by atoms with Gasteiger partial charge in [-0.05, 0) is 12.1 Å². The highest BCUT2D eigenvalue weighted by molar-refractivity contribution is 7.16. The number of nitrogens with one attached hydrogen (secondary N) is 1. The zero-order valence-electron chi connectivity index (χ0n) is 6.04. The summed E-state index contributed by atoms with van der Waals surface area (Å²) < 4.78 is 0.688. The van der Waals surface area contributed by atoms with Crippen LogP contribution >= 0.6 is 22.9 Å². The van der Waals surface area contributed by atoms with E-state index in [1.54, 1.807) is 6.07 Å². The Morgan fingerprint density at radius 2 is 2.50 bits per heavy atom. The van der Waals surface area contributed by atoms with Crippen LogP contribution in [-0.2, 0) is 11.4 Å². The molecule has 0 aliphatic carbocycles. The molecule has 0 aliphatic heterocycles. The van der Waals surface area contributed by atoms with Gasteiger partial charge in [0.1, 0.15) is 6.61 Å². The Kier molecular flexibility index (Phi) is 3.33. The van der Waals surface area contributed by atoms with Gasteiger partial charge in [0.15, 0.2) is 0 Å². The van der Waals surface area contributed by atoms with Gasteiger partial charge in [-0.1, -0.05) is 11.6 Å². The summed E-state index contributed by atoms with van der Waals surface area (Å²) in [6.07, 6.45) is 0. The number of carbonyl (C=O) groups is 1. The molecule has 1 aromatic rings. The Hall–Kier alpha value is -0.780. The highest BCUT2D eigenvalue weighted by atomic mass is 35.5. The summed E-state index contributed by atoms with van der Waals surface area (Å²) in [6, 6.07) is 2.86. The Balaban J connectivity index is 2.29. The average molecular weight is 207 g/mol. The predicted molar refractivity (Wildman–Crippen MR) is 46.8 cm³/mol. The van der Waals surface area contributed by atoms with Crippen molar-refractivity contribution in [1.29, 1.82) is 0 Å². The molecular weight excluding hydrogens is 200 g/mol. The van der Waals surface area contributed by atoms with Crippen LogP contribution in [-0.4, -0.2) is 6.03 Å². The molecule has 0 saturated heterocycles. The van der Waals surface area contributed by atoms with E-state index in [4.69, 9.17) is 22.2 Å². The second-order valence-electron chi connectivity index (χ2n) is 1.96. The maximum Gasteiger partial charge on any atom is 0.336 e. The highest BCUT2D eigenvalue weighted by Gasteiger charge is 1.98. The second-order valence-corrected chi connectivity index (χ2v) is 3.76. The van der Waals surface area contributed by atoms with E-state index in [9.17, 15) is 4.79 Å². The van der Waals surface area contributed by atoms with Crippen LogP contribution in [0.3, 0.4) is 0 Å². The molecule has 0 fully saturated rings. The first-order valence-electron chi connectivity index (χ1n) is 3.10. The van der Waals surface area contributed by atoms with Crippen molar-refractivity contribution in [3.63, 3.8) is 0 Å². The van der Waals surface area contributed by atoms with Gasteiger partial charge >= 0.3 is 6.03 Å². The lowest BCUT2D eigenvalue weighted by atomic mass is 10.5. The first-order valence-corrected chi connectivity index (χ1v) is 4.29. The number of hydrogen-bond acceptors (Lipinski definition) is 3. The van der Waals surface area contributed by atoms with Crippen molar-refractivity contribution in [3.8, 4) is 0 Å². The molecule has 0 radical (unpaired) electrons. The number of carbonyl (C=O) groups excluding carboxylic acids is 1. The van der Waals surface area contributed by atoms with Crippen molar-refractivity contribution in [2.45, 2.75) is 6.61 Å². The molecular formula is C6H7ClN2O2S. The number of amides is 2. The number of nitrogens with two attached hydrogens (primary N) is 1. The Morgan fingerprint density at radius 1 is 1.75 bits per heavy atom. The molecule has 1 heterocycles. The molecule has 3 N–H and O–H groups in total. The van der Waals surface area contributed by atoms with E-state index in [1.165, 1.54) is 11.3 Å². The Labute approximate surface area is 78.2 Å². The number of hydrogen-bond donors (Lipinski definition) is 2. The minimum Gasteiger partial charge on any atom is -0.350 e. The van der Waals surface area contributed by atoms with Crippen LogP contribution < -0.4 is 11.2 Å². The molecule has 0 atom stereocenters. The largest absolute Gasteiger partial charge is 0.350 e. The van der Waals surface area contributed by atoms with E-state index < -0.39 is 6.03 Å². The van der Waals surface area contributed by atoms with Crippen LogP contribution in [0.5, 0.6) is 0 Å². The summed E-state index contributed by atoms with van der Waals surface area (Å²) >= 11 is 7.04. The maximum absolute atomic E-state index is 10.2. The number of halogens is 1. The van der Waals surface area contributed by atoms with Gasteiger partial charge in [0, 0.05) is 4.88 Å². The number of thiophene rings is 1. The van der Waals surface area contributed by atoms with Gasteiger partial charge in [-0.15, -0.1) is 11.3 Å². The van der Waals surface area contributed by atoms with E-state index >= 15 is 0 Å². The third-order valence-corrected chi connectivity index (χ3v) is 2.22. The number of rotatable bonds is 3. The first kappa shape index (κ1) is 9.31. The molecule has 2 amide bonds.